The van der Waals surface area contributed by atoms with Gasteiger partial charge < -0.3 is 10.6 Å². The zero-order valence-electron chi connectivity index (χ0n) is 16.4. The van der Waals surface area contributed by atoms with Crippen LogP contribution in [-0.4, -0.2) is 33.3 Å². The number of benzene rings is 1. The number of halogens is 4. The van der Waals surface area contributed by atoms with Crippen molar-refractivity contribution in [2.24, 2.45) is 0 Å². The molecule has 0 atom stereocenters. The van der Waals surface area contributed by atoms with Crippen molar-refractivity contribution >= 4 is 40.9 Å². The summed E-state index contributed by atoms with van der Waals surface area (Å²) in [5, 5.41) is 5.62. The largest absolute Gasteiger partial charge is 0.417 e. The maximum absolute atomic E-state index is 13.0. The van der Waals surface area contributed by atoms with Crippen molar-refractivity contribution < 1.29 is 22.8 Å². The van der Waals surface area contributed by atoms with E-state index in [2.05, 4.69) is 25.6 Å². The third-order valence-corrected chi connectivity index (χ3v) is 5.12. The second-order valence-corrected chi connectivity index (χ2v) is 7.66. The molecule has 3 rings (SSSR count). The minimum absolute atomic E-state index is 0.0296. The Morgan fingerprint density at radius 2 is 1.84 bits per heavy atom. The fraction of sp³-hybridized carbons (Fsp3) is 0.150. The van der Waals surface area contributed by atoms with Gasteiger partial charge in [0, 0.05) is 18.3 Å². The summed E-state index contributed by atoms with van der Waals surface area (Å²) in [6, 6.07) is 7.66. The minimum Gasteiger partial charge on any atom is -0.350 e. The fourth-order valence-corrected chi connectivity index (χ4v) is 3.40. The Morgan fingerprint density at radius 3 is 2.50 bits per heavy atom. The highest BCUT2D eigenvalue weighted by Gasteiger charge is 2.33. The van der Waals surface area contributed by atoms with Crippen molar-refractivity contribution in [3.8, 4) is 0 Å². The van der Waals surface area contributed by atoms with Crippen molar-refractivity contribution in [1.29, 1.82) is 0 Å². The molecule has 0 aliphatic carbocycles. The molecule has 0 spiro atoms. The van der Waals surface area contributed by atoms with Gasteiger partial charge in [-0.15, -0.1) is 0 Å². The van der Waals surface area contributed by atoms with Crippen molar-refractivity contribution in [3.05, 3.63) is 70.8 Å². The van der Waals surface area contributed by atoms with Crippen LogP contribution in [0.25, 0.3) is 0 Å². The molecule has 3 aromatic rings. The number of aromatic nitrogens is 3. The maximum atomic E-state index is 13.0. The van der Waals surface area contributed by atoms with Crippen LogP contribution in [0.15, 0.2) is 58.8 Å². The van der Waals surface area contributed by atoms with Crippen LogP contribution < -0.4 is 10.6 Å². The lowest BCUT2D eigenvalue weighted by Gasteiger charge is -2.11. The number of anilines is 1. The summed E-state index contributed by atoms with van der Waals surface area (Å²) < 4.78 is 39.0. The molecule has 0 bridgehead atoms. The Balaban J connectivity index is 1.68. The molecule has 0 saturated carbocycles. The number of nitrogens with one attached hydrogen (secondary N) is 2. The van der Waals surface area contributed by atoms with Gasteiger partial charge in [-0.2, -0.15) is 13.2 Å². The Hall–Kier alpha value is -3.18. The quantitative estimate of drug-likeness (QED) is 0.495. The van der Waals surface area contributed by atoms with E-state index in [1.165, 1.54) is 30.2 Å². The van der Waals surface area contributed by atoms with Gasteiger partial charge >= 0.3 is 6.18 Å². The first-order valence-corrected chi connectivity index (χ1v) is 10.3. The number of carbonyl (C=O) groups is 2. The van der Waals surface area contributed by atoms with Gasteiger partial charge in [0.15, 0.2) is 0 Å². The normalized spacial score (nSPS) is 11.2. The van der Waals surface area contributed by atoms with E-state index in [9.17, 15) is 22.8 Å². The van der Waals surface area contributed by atoms with Crippen LogP contribution in [0.2, 0.25) is 5.02 Å². The van der Waals surface area contributed by atoms with E-state index in [-0.39, 0.29) is 17.1 Å². The molecular formula is C20H15ClF3N5O2S. The van der Waals surface area contributed by atoms with Gasteiger partial charge in [-0.25, -0.2) is 15.0 Å². The van der Waals surface area contributed by atoms with Gasteiger partial charge in [-0.3, -0.25) is 9.59 Å². The van der Waals surface area contributed by atoms with E-state index in [0.717, 1.165) is 6.07 Å². The predicted octanol–water partition coefficient (Wildman–Crippen LogP) is 4.70. The highest BCUT2D eigenvalue weighted by atomic mass is 35.5. The van der Waals surface area contributed by atoms with Crippen LogP contribution in [0.5, 0.6) is 0 Å². The molecule has 0 radical (unpaired) electrons. The molecule has 32 heavy (non-hydrogen) atoms. The standard InChI is InChI=1S/C20H15ClF3N5O2S/c1-2-25-19(31)17-26-8-7-16(29-17)32-15-6-4-12(10-27-15)28-18(30)11-3-5-14(21)13(9-11)20(22,23)24/h3-10H,2H2,1H3,(H,25,31)(H,28,30). The molecule has 2 heterocycles. The molecule has 2 amide bonds. The Bertz CT molecular complexity index is 1140. The summed E-state index contributed by atoms with van der Waals surface area (Å²) >= 11 is 6.75. The summed E-state index contributed by atoms with van der Waals surface area (Å²) in [7, 11) is 0. The lowest BCUT2D eigenvalue weighted by Crippen LogP contribution is -2.24. The molecule has 166 valence electrons. The molecule has 1 aromatic carbocycles. The second kappa shape index (κ2) is 9.96. The lowest BCUT2D eigenvalue weighted by atomic mass is 10.1. The summed E-state index contributed by atoms with van der Waals surface area (Å²) in [5.74, 6) is -1.10. The number of carbonyl (C=O) groups excluding carboxylic acids is 2. The molecule has 2 aromatic heterocycles. The van der Waals surface area contributed by atoms with Crippen LogP contribution in [0, 0.1) is 0 Å². The van der Waals surface area contributed by atoms with Crippen molar-refractivity contribution in [2.75, 3.05) is 11.9 Å². The molecule has 0 unspecified atom stereocenters. The molecule has 7 nitrogen and oxygen atoms in total. The van der Waals surface area contributed by atoms with Crippen molar-refractivity contribution in [1.82, 2.24) is 20.3 Å². The third-order valence-electron chi connectivity index (χ3n) is 3.91. The van der Waals surface area contributed by atoms with Crippen LogP contribution in [0.1, 0.15) is 33.5 Å². The fourth-order valence-electron chi connectivity index (χ4n) is 2.46. The number of hydrogen-bond acceptors (Lipinski definition) is 6. The van der Waals surface area contributed by atoms with Gasteiger partial charge in [0.05, 0.1) is 22.5 Å². The molecule has 0 aliphatic heterocycles. The highest BCUT2D eigenvalue weighted by Crippen LogP contribution is 2.35. The average Bonchev–Trinajstić information content (AvgIpc) is 2.75. The highest BCUT2D eigenvalue weighted by molar-refractivity contribution is 7.99. The summed E-state index contributed by atoms with van der Waals surface area (Å²) in [6.45, 7) is 2.23. The molecule has 12 heteroatoms. The third kappa shape index (κ3) is 5.95. The van der Waals surface area contributed by atoms with Gasteiger partial charge in [0.2, 0.25) is 5.82 Å². The first-order valence-electron chi connectivity index (χ1n) is 9.10. The number of nitrogens with zero attached hydrogens (tertiary/aromatic N) is 3. The smallest absolute Gasteiger partial charge is 0.350 e. The molecule has 0 fully saturated rings. The van der Waals surface area contributed by atoms with E-state index in [0.29, 0.717) is 22.7 Å². The first-order chi connectivity index (χ1) is 15.2. The van der Waals surface area contributed by atoms with Crippen LogP contribution >= 0.6 is 23.4 Å². The average molecular weight is 482 g/mol. The number of amides is 2. The number of pyridine rings is 1. The van der Waals surface area contributed by atoms with Gasteiger partial charge in [0.25, 0.3) is 11.8 Å². The van der Waals surface area contributed by atoms with Crippen LogP contribution in [-0.2, 0) is 6.18 Å². The van der Waals surface area contributed by atoms with Crippen LogP contribution in [0.3, 0.4) is 0 Å². The number of rotatable bonds is 6. The predicted molar refractivity (Wildman–Crippen MR) is 113 cm³/mol. The van der Waals surface area contributed by atoms with Crippen molar-refractivity contribution in [3.63, 3.8) is 0 Å². The monoisotopic (exact) mass is 481 g/mol. The van der Waals surface area contributed by atoms with E-state index >= 15 is 0 Å². The zero-order chi connectivity index (χ0) is 23.3. The lowest BCUT2D eigenvalue weighted by molar-refractivity contribution is -0.137. The zero-order valence-corrected chi connectivity index (χ0v) is 18.0. The maximum Gasteiger partial charge on any atom is 0.417 e. The van der Waals surface area contributed by atoms with Crippen LogP contribution in [0.4, 0.5) is 18.9 Å². The molecule has 0 saturated heterocycles. The topological polar surface area (TPSA) is 96.9 Å². The number of hydrogen-bond donors (Lipinski definition) is 2. The minimum atomic E-state index is -4.67. The Labute approximate surface area is 189 Å². The molecular weight excluding hydrogens is 467 g/mol. The van der Waals surface area contributed by atoms with Gasteiger partial charge in [-0.05, 0) is 55.1 Å². The van der Waals surface area contributed by atoms with E-state index < -0.39 is 28.6 Å². The summed E-state index contributed by atoms with van der Waals surface area (Å²) in [6.07, 6.45) is -1.87. The Kier molecular flexibility index (Phi) is 7.31. The Morgan fingerprint density at radius 1 is 1.06 bits per heavy atom. The first kappa shape index (κ1) is 23.5. The SMILES string of the molecule is CCNC(=O)c1nccc(Sc2ccc(NC(=O)c3ccc(Cl)c(C(F)(F)F)c3)cn2)n1. The van der Waals surface area contributed by atoms with E-state index in [4.69, 9.17) is 11.6 Å². The molecule has 0 aliphatic rings. The van der Waals surface area contributed by atoms with Gasteiger partial charge in [-0.1, -0.05) is 11.6 Å². The summed E-state index contributed by atoms with van der Waals surface area (Å²) in [5.41, 5.74) is -0.999. The van der Waals surface area contributed by atoms with Crippen molar-refractivity contribution in [2.45, 2.75) is 23.2 Å². The summed E-state index contributed by atoms with van der Waals surface area (Å²) in [4.78, 5) is 36.4. The molecule has 2 N–H and O–H groups in total. The van der Waals surface area contributed by atoms with Gasteiger partial charge in [0.1, 0.15) is 10.1 Å². The number of alkyl halides is 3. The van der Waals surface area contributed by atoms with E-state index in [1.807, 2.05) is 0 Å². The second-order valence-electron chi connectivity index (χ2n) is 6.21. The van der Waals surface area contributed by atoms with E-state index in [1.54, 1.807) is 25.1 Å².